The second-order valence-corrected chi connectivity index (χ2v) is 9.83. The van der Waals surface area contributed by atoms with Crippen molar-refractivity contribution in [1.29, 1.82) is 0 Å². The normalized spacial score (nSPS) is 22.0. The summed E-state index contributed by atoms with van der Waals surface area (Å²) in [6.45, 7) is 3.12. The van der Waals surface area contributed by atoms with Crippen molar-refractivity contribution < 1.29 is 22.4 Å². The summed E-state index contributed by atoms with van der Waals surface area (Å²) in [5, 5.41) is 2.88. The molecule has 0 bridgehead atoms. The molecule has 1 N–H and O–H groups in total. The van der Waals surface area contributed by atoms with Crippen molar-refractivity contribution in [3.63, 3.8) is 0 Å². The first kappa shape index (κ1) is 22.1. The van der Waals surface area contributed by atoms with Gasteiger partial charge in [-0.05, 0) is 44.2 Å². The van der Waals surface area contributed by atoms with Gasteiger partial charge < -0.3 is 15.1 Å². The molecule has 0 atom stereocenters. The van der Waals surface area contributed by atoms with Crippen LogP contribution in [0.3, 0.4) is 0 Å². The number of nitrogens with one attached hydrogen (secondary N) is 1. The van der Waals surface area contributed by atoms with E-state index in [9.17, 15) is 22.4 Å². The summed E-state index contributed by atoms with van der Waals surface area (Å²) in [5.41, 5.74) is 1.14. The van der Waals surface area contributed by atoms with Gasteiger partial charge in [0.15, 0.2) is 0 Å². The number of pyridine rings is 1. The van der Waals surface area contributed by atoms with Gasteiger partial charge in [0, 0.05) is 67.7 Å². The number of alkyl halides is 2. The van der Waals surface area contributed by atoms with Gasteiger partial charge in [-0.25, -0.2) is 22.4 Å². The highest BCUT2D eigenvalue weighted by Crippen LogP contribution is 2.45. The molecule has 2 saturated heterocycles. The highest BCUT2D eigenvalue weighted by molar-refractivity contribution is 5.96. The summed E-state index contributed by atoms with van der Waals surface area (Å²) in [6.07, 6.45) is 1.33. The molecule has 2 aromatic rings. The van der Waals surface area contributed by atoms with Crippen LogP contribution in [0.5, 0.6) is 0 Å². The van der Waals surface area contributed by atoms with Crippen LogP contribution in [0, 0.1) is 17.0 Å². The number of halogens is 4. The largest absolute Gasteiger partial charge is 0.323 e. The van der Waals surface area contributed by atoms with Crippen LogP contribution in [0.1, 0.15) is 37.3 Å². The van der Waals surface area contributed by atoms with Crippen LogP contribution in [0.4, 0.5) is 28.0 Å². The number of carbonyl (C=O) groups excluding carboxylic acids is 1. The van der Waals surface area contributed by atoms with Gasteiger partial charge in [0.25, 0.3) is 0 Å². The van der Waals surface area contributed by atoms with Crippen molar-refractivity contribution in [2.75, 3.05) is 38.5 Å². The van der Waals surface area contributed by atoms with Crippen LogP contribution in [0.2, 0.25) is 0 Å². The van der Waals surface area contributed by atoms with Crippen LogP contribution >= 0.6 is 0 Å². The predicted octanol–water partition coefficient (Wildman–Crippen LogP) is 5.10. The topological polar surface area (TPSA) is 48.5 Å². The molecule has 3 heterocycles. The zero-order valence-electron chi connectivity index (χ0n) is 18.4. The number of aromatic nitrogens is 1. The lowest BCUT2D eigenvalue weighted by molar-refractivity contribution is -0.0806. The van der Waals surface area contributed by atoms with E-state index in [0.717, 1.165) is 31.3 Å². The molecule has 1 aliphatic carbocycles. The molecule has 0 radical (unpaired) electrons. The summed E-state index contributed by atoms with van der Waals surface area (Å²) in [7, 11) is 2.03. The lowest BCUT2D eigenvalue weighted by Gasteiger charge is -2.59. The summed E-state index contributed by atoms with van der Waals surface area (Å²) in [5.74, 6) is -4.27. The third-order valence-corrected chi connectivity index (χ3v) is 7.09. The van der Waals surface area contributed by atoms with Gasteiger partial charge in [0.1, 0.15) is 11.6 Å². The average Bonchev–Trinajstić information content (AvgIpc) is 2.72. The van der Waals surface area contributed by atoms with E-state index in [1.807, 2.05) is 7.05 Å². The highest BCUT2D eigenvalue weighted by Gasteiger charge is 2.52. The Hall–Kier alpha value is -2.68. The van der Waals surface area contributed by atoms with Gasteiger partial charge >= 0.3 is 6.03 Å². The SMILES string of the molecule is CN1CC2(C1)CN(C(=O)Nc1c(-c3cc(F)ccc3F)ccnc1C1CCC(F)(F)CC1)C2. The van der Waals surface area contributed by atoms with Crippen molar-refractivity contribution >= 4 is 11.7 Å². The summed E-state index contributed by atoms with van der Waals surface area (Å²) >= 11 is 0. The zero-order chi connectivity index (χ0) is 23.4. The van der Waals surface area contributed by atoms with Crippen LogP contribution in [0.15, 0.2) is 30.5 Å². The van der Waals surface area contributed by atoms with Crippen LogP contribution in [0.25, 0.3) is 11.1 Å². The molecule has 2 aliphatic heterocycles. The van der Waals surface area contributed by atoms with Crippen molar-refractivity contribution in [3.8, 4) is 11.1 Å². The first-order valence-corrected chi connectivity index (χ1v) is 11.2. The monoisotopic (exact) mass is 462 g/mol. The maximum absolute atomic E-state index is 14.7. The highest BCUT2D eigenvalue weighted by atomic mass is 19.3. The molecule has 2 amide bonds. The molecule has 1 aromatic carbocycles. The minimum atomic E-state index is -2.71. The van der Waals surface area contributed by atoms with E-state index < -0.39 is 17.6 Å². The Balaban J connectivity index is 1.46. The lowest BCUT2D eigenvalue weighted by atomic mass is 9.73. The first-order chi connectivity index (χ1) is 15.6. The van der Waals surface area contributed by atoms with Crippen LogP contribution in [-0.2, 0) is 0 Å². The smallest absolute Gasteiger partial charge is 0.321 e. The van der Waals surface area contributed by atoms with Crippen molar-refractivity contribution in [2.24, 2.45) is 5.41 Å². The third kappa shape index (κ3) is 4.18. The molecule has 3 aliphatic rings. The van der Waals surface area contributed by atoms with Crippen molar-refractivity contribution in [3.05, 3.63) is 47.8 Å². The van der Waals surface area contributed by atoms with Crippen molar-refractivity contribution in [1.82, 2.24) is 14.8 Å². The average molecular weight is 462 g/mol. The first-order valence-electron chi connectivity index (χ1n) is 11.2. The molecule has 5 nitrogen and oxygen atoms in total. The molecule has 1 aromatic heterocycles. The Labute approximate surface area is 189 Å². The molecule has 3 fully saturated rings. The van der Waals surface area contributed by atoms with Gasteiger partial charge in [0.05, 0.1) is 11.4 Å². The van der Waals surface area contributed by atoms with Gasteiger partial charge in [-0.1, -0.05) is 0 Å². The molecular formula is C24H26F4N4O. The van der Waals surface area contributed by atoms with Crippen LogP contribution < -0.4 is 5.32 Å². The molecule has 33 heavy (non-hydrogen) atoms. The van der Waals surface area contributed by atoms with Gasteiger partial charge in [-0.2, -0.15) is 0 Å². The minimum Gasteiger partial charge on any atom is -0.323 e. The van der Waals surface area contributed by atoms with E-state index in [1.165, 1.54) is 12.3 Å². The fourth-order valence-corrected chi connectivity index (χ4v) is 5.55. The van der Waals surface area contributed by atoms with E-state index in [2.05, 4.69) is 15.2 Å². The molecule has 9 heteroatoms. The number of hydrogen-bond acceptors (Lipinski definition) is 3. The quantitative estimate of drug-likeness (QED) is 0.646. The number of nitrogens with zero attached hydrogens (tertiary/aromatic N) is 3. The van der Waals surface area contributed by atoms with E-state index in [4.69, 9.17) is 0 Å². The Bertz CT molecular complexity index is 1070. The van der Waals surface area contributed by atoms with Gasteiger partial charge in [0.2, 0.25) is 5.92 Å². The van der Waals surface area contributed by atoms with Crippen molar-refractivity contribution in [2.45, 2.75) is 37.5 Å². The summed E-state index contributed by atoms with van der Waals surface area (Å²) < 4.78 is 56.1. The Kier molecular flexibility index (Phi) is 5.34. The number of benzene rings is 1. The lowest BCUT2D eigenvalue weighted by Crippen LogP contribution is -2.72. The van der Waals surface area contributed by atoms with E-state index >= 15 is 0 Å². The van der Waals surface area contributed by atoms with Gasteiger partial charge in [-0.15, -0.1) is 0 Å². The fraction of sp³-hybridized carbons (Fsp3) is 0.500. The number of rotatable bonds is 3. The number of amides is 2. The zero-order valence-corrected chi connectivity index (χ0v) is 18.4. The van der Waals surface area contributed by atoms with E-state index in [0.29, 0.717) is 24.3 Å². The summed E-state index contributed by atoms with van der Waals surface area (Å²) in [6, 6.07) is 4.31. The maximum atomic E-state index is 14.7. The predicted molar refractivity (Wildman–Crippen MR) is 116 cm³/mol. The molecule has 1 spiro atoms. The molecule has 1 saturated carbocycles. The number of anilines is 1. The minimum absolute atomic E-state index is 0.00390. The van der Waals surface area contributed by atoms with Crippen LogP contribution in [-0.4, -0.2) is 60.0 Å². The molecule has 5 rings (SSSR count). The Morgan fingerprint density at radius 1 is 1.06 bits per heavy atom. The molecule has 0 unspecified atom stereocenters. The fourth-order valence-electron chi connectivity index (χ4n) is 5.55. The number of hydrogen-bond donors (Lipinski definition) is 1. The summed E-state index contributed by atoms with van der Waals surface area (Å²) in [4.78, 5) is 21.4. The number of urea groups is 1. The van der Waals surface area contributed by atoms with E-state index in [-0.39, 0.29) is 54.3 Å². The second kappa shape index (κ2) is 7.97. The molecule has 176 valence electrons. The standard InChI is InChI=1S/C24H26F4N4O/c1-31-11-23(12-31)13-32(14-23)22(33)30-21-17(18-10-16(25)2-3-19(18)26)6-9-29-20(21)15-4-7-24(27,28)8-5-15/h2-3,6,9-10,15H,4-5,7-8,11-14H2,1H3,(H,30,33). The Morgan fingerprint density at radius 3 is 2.42 bits per heavy atom. The maximum Gasteiger partial charge on any atom is 0.321 e. The van der Waals surface area contributed by atoms with E-state index in [1.54, 1.807) is 4.90 Å². The number of likely N-dealkylation sites (tertiary alicyclic amines) is 2. The second-order valence-electron chi connectivity index (χ2n) is 9.83. The molecular weight excluding hydrogens is 436 g/mol. The Morgan fingerprint density at radius 2 is 1.76 bits per heavy atom. The number of carbonyl (C=O) groups is 1. The third-order valence-electron chi connectivity index (χ3n) is 7.09. The van der Waals surface area contributed by atoms with Gasteiger partial charge in [-0.3, -0.25) is 4.98 Å².